The minimum Gasteiger partial charge on any atom is -0.381 e. The monoisotopic (exact) mass is 171 g/mol. The van der Waals surface area contributed by atoms with Gasteiger partial charge in [-0.25, -0.2) is 4.98 Å². The lowest BCUT2D eigenvalue weighted by Crippen LogP contribution is -2.05. The normalized spacial score (nSPS) is 9.64. The minimum absolute atomic E-state index is 0.125. The highest BCUT2D eigenvalue weighted by Gasteiger charge is 2.05. The van der Waals surface area contributed by atoms with Crippen LogP contribution in [0.15, 0.2) is 0 Å². The Morgan fingerprint density at radius 1 is 1.73 bits per heavy atom. The molecular formula is C6H9N3OS. The van der Waals surface area contributed by atoms with Crippen molar-refractivity contribution in [3.8, 4) is 0 Å². The van der Waals surface area contributed by atoms with Crippen molar-refractivity contribution in [3.63, 3.8) is 0 Å². The van der Waals surface area contributed by atoms with E-state index in [4.69, 9.17) is 5.73 Å². The Balaban J connectivity index is 2.85. The van der Waals surface area contributed by atoms with E-state index in [1.54, 1.807) is 0 Å². The van der Waals surface area contributed by atoms with Crippen molar-refractivity contribution in [1.82, 2.24) is 4.98 Å². The molecule has 1 heterocycles. The first-order valence-corrected chi connectivity index (χ1v) is 3.91. The van der Waals surface area contributed by atoms with Crippen LogP contribution in [0.3, 0.4) is 0 Å². The quantitative estimate of drug-likeness (QED) is 0.662. The Hall–Kier alpha value is -1.10. The van der Waals surface area contributed by atoms with Gasteiger partial charge in [-0.1, -0.05) is 11.3 Å². The minimum atomic E-state index is -0.125. The van der Waals surface area contributed by atoms with Gasteiger partial charge in [0.25, 0.3) is 0 Å². The van der Waals surface area contributed by atoms with Gasteiger partial charge in [-0.2, -0.15) is 0 Å². The fraction of sp³-hybridized carbons (Fsp3) is 0.333. The van der Waals surface area contributed by atoms with E-state index in [9.17, 15) is 4.79 Å². The van der Waals surface area contributed by atoms with Gasteiger partial charge >= 0.3 is 0 Å². The number of hydrogen-bond donors (Lipinski definition) is 2. The molecule has 0 atom stereocenters. The Bertz CT molecular complexity index is 281. The Morgan fingerprint density at radius 2 is 2.36 bits per heavy atom. The van der Waals surface area contributed by atoms with Crippen LogP contribution in [-0.4, -0.2) is 10.9 Å². The summed E-state index contributed by atoms with van der Waals surface area (Å²) in [5, 5.41) is 4.07. The van der Waals surface area contributed by atoms with Crippen LogP contribution in [0.2, 0.25) is 0 Å². The number of carbonyl (C=O) groups is 1. The molecule has 0 aromatic carbocycles. The SMILES string of the molecule is CC(=O)Nc1sc(C)nc1N. The number of aryl methyl sites for hydroxylation is 1. The molecule has 1 aromatic rings. The average Bonchev–Trinajstić information content (AvgIpc) is 2.09. The molecule has 0 aliphatic heterocycles. The summed E-state index contributed by atoms with van der Waals surface area (Å²) in [6.07, 6.45) is 0. The number of anilines is 2. The van der Waals surface area contributed by atoms with Crippen LogP contribution in [-0.2, 0) is 4.79 Å². The first kappa shape index (κ1) is 8.00. The summed E-state index contributed by atoms with van der Waals surface area (Å²) in [6.45, 7) is 3.28. The lowest BCUT2D eigenvalue weighted by molar-refractivity contribution is -0.114. The van der Waals surface area contributed by atoms with Gasteiger partial charge in [0, 0.05) is 6.92 Å². The molecule has 0 radical (unpaired) electrons. The van der Waals surface area contributed by atoms with Crippen LogP contribution in [0.4, 0.5) is 10.8 Å². The fourth-order valence-corrected chi connectivity index (χ4v) is 1.48. The van der Waals surface area contributed by atoms with Crippen LogP contribution in [0.25, 0.3) is 0 Å². The number of thiazole rings is 1. The average molecular weight is 171 g/mol. The fourth-order valence-electron chi connectivity index (χ4n) is 0.693. The second kappa shape index (κ2) is 2.87. The number of amides is 1. The van der Waals surface area contributed by atoms with Crippen LogP contribution < -0.4 is 11.1 Å². The van der Waals surface area contributed by atoms with E-state index < -0.39 is 0 Å². The predicted molar refractivity (Wildman–Crippen MR) is 45.6 cm³/mol. The molecule has 0 aliphatic carbocycles. The van der Waals surface area contributed by atoms with Crippen molar-refractivity contribution >= 4 is 28.1 Å². The molecule has 0 bridgehead atoms. The molecule has 0 saturated carbocycles. The van der Waals surface area contributed by atoms with Crippen molar-refractivity contribution in [1.29, 1.82) is 0 Å². The lowest BCUT2D eigenvalue weighted by atomic mass is 10.6. The van der Waals surface area contributed by atoms with Gasteiger partial charge in [0.2, 0.25) is 5.91 Å². The first-order valence-electron chi connectivity index (χ1n) is 3.10. The van der Waals surface area contributed by atoms with Gasteiger partial charge in [0.1, 0.15) is 5.00 Å². The lowest BCUT2D eigenvalue weighted by Gasteiger charge is -1.95. The zero-order chi connectivity index (χ0) is 8.43. The highest BCUT2D eigenvalue weighted by Crippen LogP contribution is 2.25. The van der Waals surface area contributed by atoms with E-state index in [-0.39, 0.29) is 5.91 Å². The van der Waals surface area contributed by atoms with Crippen molar-refractivity contribution < 1.29 is 4.79 Å². The molecule has 0 fully saturated rings. The highest BCUT2D eigenvalue weighted by molar-refractivity contribution is 7.16. The molecule has 0 aliphatic rings. The molecule has 0 unspecified atom stereocenters. The van der Waals surface area contributed by atoms with Gasteiger partial charge in [0.05, 0.1) is 5.01 Å². The standard InChI is InChI=1S/C6H9N3OS/c1-3(10)8-6-5(7)9-4(2)11-6/h7H2,1-2H3,(H,8,10). The van der Waals surface area contributed by atoms with E-state index in [0.717, 1.165) is 5.01 Å². The third-order valence-corrected chi connectivity index (χ3v) is 1.95. The zero-order valence-corrected chi connectivity index (χ0v) is 7.16. The summed E-state index contributed by atoms with van der Waals surface area (Å²) in [4.78, 5) is 14.5. The maximum absolute atomic E-state index is 10.6. The molecule has 1 rings (SSSR count). The Kier molecular flexibility index (Phi) is 2.09. The third kappa shape index (κ3) is 1.91. The summed E-state index contributed by atoms with van der Waals surface area (Å²) >= 11 is 1.37. The van der Waals surface area contributed by atoms with Gasteiger partial charge in [0.15, 0.2) is 5.82 Å². The van der Waals surface area contributed by atoms with Crippen LogP contribution in [0.5, 0.6) is 0 Å². The van der Waals surface area contributed by atoms with Gasteiger partial charge in [-0.15, -0.1) is 0 Å². The second-order valence-corrected chi connectivity index (χ2v) is 3.33. The number of rotatable bonds is 1. The van der Waals surface area contributed by atoms with Crippen LogP contribution in [0.1, 0.15) is 11.9 Å². The van der Waals surface area contributed by atoms with Gasteiger partial charge in [-0.05, 0) is 6.92 Å². The van der Waals surface area contributed by atoms with E-state index in [0.29, 0.717) is 10.8 Å². The molecule has 5 heteroatoms. The summed E-state index contributed by atoms with van der Waals surface area (Å²) in [6, 6.07) is 0. The summed E-state index contributed by atoms with van der Waals surface area (Å²) in [5.41, 5.74) is 5.47. The molecule has 11 heavy (non-hydrogen) atoms. The smallest absolute Gasteiger partial charge is 0.221 e. The second-order valence-electron chi connectivity index (χ2n) is 2.13. The maximum Gasteiger partial charge on any atom is 0.221 e. The summed E-state index contributed by atoms with van der Waals surface area (Å²) in [7, 11) is 0. The van der Waals surface area contributed by atoms with Crippen molar-refractivity contribution in [2.24, 2.45) is 0 Å². The summed E-state index contributed by atoms with van der Waals surface area (Å²) < 4.78 is 0. The number of nitrogens with zero attached hydrogens (tertiary/aromatic N) is 1. The molecule has 60 valence electrons. The van der Waals surface area contributed by atoms with Crippen LogP contribution in [0, 0.1) is 6.92 Å². The van der Waals surface area contributed by atoms with Crippen molar-refractivity contribution in [2.75, 3.05) is 11.1 Å². The number of hydrogen-bond acceptors (Lipinski definition) is 4. The van der Waals surface area contributed by atoms with E-state index in [1.807, 2.05) is 6.92 Å². The maximum atomic E-state index is 10.6. The number of nitrogens with one attached hydrogen (secondary N) is 1. The Labute approximate surface area is 68.4 Å². The van der Waals surface area contributed by atoms with Gasteiger partial charge in [-0.3, -0.25) is 4.79 Å². The molecule has 1 amide bonds. The molecule has 3 N–H and O–H groups in total. The van der Waals surface area contributed by atoms with Crippen molar-refractivity contribution in [3.05, 3.63) is 5.01 Å². The van der Waals surface area contributed by atoms with Crippen LogP contribution >= 0.6 is 11.3 Å². The predicted octanol–water partition coefficient (Wildman–Crippen LogP) is 0.992. The molecule has 0 saturated heterocycles. The molecule has 4 nitrogen and oxygen atoms in total. The largest absolute Gasteiger partial charge is 0.381 e. The molecule has 0 spiro atoms. The van der Waals surface area contributed by atoms with E-state index in [1.165, 1.54) is 18.3 Å². The molecule has 1 aromatic heterocycles. The Morgan fingerprint density at radius 3 is 2.73 bits per heavy atom. The highest BCUT2D eigenvalue weighted by atomic mass is 32.1. The van der Waals surface area contributed by atoms with Crippen molar-refractivity contribution in [2.45, 2.75) is 13.8 Å². The van der Waals surface area contributed by atoms with Gasteiger partial charge < -0.3 is 11.1 Å². The number of aromatic nitrogens is 1. The third-order valence-electron chi connectivity index (χ3n) is 1.05. The molecular weight excluding hydrogens is 162 g/mol. The number of nitrogen functional groups attached to an aromatic ring is 1. The van der Waals surface area contributed by atoms with E-state index >= 15 is 0 Å². The first-order chi connectivity index (χ1) is 5.09. The summed E-state index contributed by atoms with van der Waals surface area (Å²) in [5.74, 6) is 0.267. The van der Waals surface area contributed by atoms with E-state index in [2.05, 4.69) is 10.3 Å². The zero-order valence-electron chi connectivity index (χ0n) is 6.34. The number of carbonyl (C=O) groups excluding carboxylic acids is 1. The number of nitrogens with two attached hydrogens (primary N) is 1. The topological polar surface area (TPSA) is 68.0 Å².